The molecule has 1 amide bonds. The number of hydrogen-bond donors (Lipinski definition) is 2. The van der Waals surface area contributed by atoms with Gasteiger partial charge in [-0.2, -0.15) is 0 Å². The van der Waals surface area contributed by atoms with E-state index in [4.69, 9.17) is 9.15 Å². The minimum Gasteiger partial charge on any atom is -0.453 e. The van der Waals surface area contributed by atoms with Gasteiger partial charge in [0.25, 0.3) is 5.91 Å². The highest BCUT2D eigenvalue weighted by Gasteiger charge is 2.17. The number of furan rings is 1. The fourth-order valence-corrected chi connectivity index (χ4v) is 2.22. The molecule has 2 aromatic rings. The zero-order valence-corrected chi connectivity index (χ0v) is 12.8. The van der Waals surface area contributed by atoms with E-state index in [1.165, 1.54) is 0 Å². The minimum atomic E-state index is -0.614. The molecular weight excluding hydrogens is 282 g/mol. The summed E-state index contributed by atoms with van der Waals surface area (Å²) in [6, 6.07) is 12.5. The van der Waals surface area contributed by atoms with Crippen LogP contribution in [0.5, 0.6) is 0 Å². The number of carbonyl (C=O) groups excluding carboxylic acids is 1. The Morgan fingerprint density at radius 2 is 2.00 bits per heavy atom. The third kappa shape index (κ3) is 4.44. The molecule has 118 valence electrons. The van der Waals surface area contributed by atoms with Crippen molar-refractivity contribution in [3.8, 4) is 0 Å². The van der Waals surface area contributed by atoms with Crippen LogP contribution in [-0.2, 0) is 11.3 Å². The van der Waals surface area contributed by atoms with Crippen LogP contribution in [0.25, 0.3) is 0 Å². The van der Waals surface area contributed by atoms with E-state index in [9.17, 15) is 9.90 Å². The number of amides is 1. The summed E-state index contributed by atoms with van der Waals surface area (Å²) in [6.07, 6.45) is -0.182. The first-order chi connectivity index (χ1) is 10.6. The van der Waals surface area contributed by atoms with Crippen LogP contribution in [0.3, 0.4) is 0 Å². The second-order valence-electron chi connectivity index (χ2n) is 5.24. The fourth-order valence-electron chi connectivity index (χ4n) is 2.22. The summed E-state index contributed by atoms with van der Waals surface area (Å²) in [7, 11) is 1.56. The molecule has 0 fully saturated rings. The van der Waals surface area contributed by atoms with Crippen molar-refractivity contribution in [3.63, 3.8) is 0 Å². The Morgan fingerprint density at radius 3 is 2.68 bits per heavy atom. The Labute approximate surface area is 129 Å². The minimum absolute atomic E-state index is 0.182. The van der Waals surface area contributed by atoms with Gasteiger partial charge in [-0.15, -0.1) is 0 Å². The SMILES string of the molecule is COCc1ccc(C(=O)NC(C)CC(O)c2ccccc2)o1. The van der Waals surface area contributed by atoms with E-state index in [0.717, 1.165) is 5.56 Å². The summed E-state index contributed by atoms with van der Waals surface area (Å²) in [5, 5.41) is 13.0. The molecule has 0 saturated carbocycles. The highest BCUT2D eigenvalue weighted by Crippen LogP contribution is 2.18. The Bertz CT molecular complexity index is 594. The molecule has 2 unspecified atom stereocenters. The molecule has 0 aliphatic heterocycles. The van der Waals surface area contributed by atoms with Crippen molar-refractivity contribution in [1.29, 1.82) is 0 Å². The first-order valence-electron chi connectivity index (χ1n) is 7.21. The van der Waals surface area contributed by atoms with Gasteiger partial charge >= 0.3 is 0 Å². The molecule has 1 heterocycles. The van der Waals surface area contributed by atoms with Gasteiger partial charge in [0.2, 0.25) is 0 Å². The summed E-state index contributed by atoms with van der Waals surface area (Å²) in [5.74, 6) is 0.549. The van der Waals surface area contributed by atoms with Gasteiger partial charge < -0.3 is 19.6 Å². The van der Waals surface area contributed by atoms with E-state index in [-0.39, 0.29) is 17.7 Å². The summed E-state index contributed by atoms with van der Waals surface area (Å²) < 4.78 is 10.3. The van der Waals surface area contributed by atoms with Crippen LogP contribution in [0.15, 0.2) is 46.9 Å². The number of hydrogen-bond acceptors (Lipinski definition) is 4. The third-order valence-electron chi connectivity index (χ3n) is 3.31. The van der Waals surface area contributed by atoms with Gasteiger partial charge in [0.05, 0.1) is 6.10 Å². The predicted octanol–water partition coefficient (Wildman–Crippen LogP) is 2.67. The van der Waals surface area contributed by atoms with Gasteiger partial charge in [-0.25, -0.2) is 0 Å². The van der Waals surface area contributed by atoms with E-state index in [0.29, 0.717) is 18.8 Å². The van der Waals surface area contributed by atoms with Gasteiger partial charge in [-0.05, 0) is 31.0 Å². The summed E-state index contributed by atoms with van der Waals surface area (Å²) in [4.78, 5) is 12.1. The monoisotopic (exact) mass is 303 g/mol. The molecule has 0 aliphatic carbocycles. The lowest BCUT2D eigenvalue weighted by molar-refractivity contribution is 0.0881. The second-order valence-corrected chi connectivity index (χ2v) is 5.24. The van der Waals surface area contributed by atoms with Gasteiger partial charge in [0.1, 0.15) is 12.4 Å². The maximum Gasteiger partial charge on any atom is 0.287 e. The average Bonchev–Trinajstić information content (AvgIpc) is 2.97. The zero-order chi connectivity index (χ0) is 15.9. The van der Waals surface area contributed by atoms with Crippen LogP contribution in [-0.4, -0.2) is 24.2 Å². The van der Waals surface area contributed by atoms with E-state index < -0.39 is 6.10 Å². The quantitative estimate of drug-likeness (QED) is 0.825. The van der Waals surface area contributed by atoms with Gasteiger partial charge in [0, 0.05) is 13.2 Å². The lowest BCUT2D eigenvalue weighted by Gasteiger charge is -2.17. The Kier molecular flexibility index (Phi) is 5.75. The van der Waals surface area contributed by atoms with E-state index >= 15 is 0 Å². The normalized spacial score (nSPS) is 13.6. The lowest BCUT2D eigenvalue weighted by Crippen LogP contribution is -2.33. The van der Waals surface area contributed by atoms with Gasteiger partial charge in [-0.3, -0.25) is 4.79 Å². The summed E-state index contributed by atoms with van der Waals surface area (Å²) in [6.45, 7) is 2.18. The number of aliphatic hydroxyl groups is 1. The van der Waals surface area contributed by atoms with Crippen molar-refractivity contribution in [2.75, 3.05) is 7.11 Å². The third-order valence-corrected chi connectivity index (χ3v) is 3.31. The topological polar surface area (TPSA) is 71.7 Å². The van der Waals surface area contributed by atoms with Gasteiger partial charge in [-0.1, -0.05) is 30.3 Å². The molecule has 1 aromatic carbocycles. The first-order valence-corrected chi connectivity index (χ1v) is 7.21. The molecular formula is C17H21NO4. The molecule has 0 aliphatic rings. The number of nitrogens with one attached hydrogen (secondary N) is 1. The molecule has 22 heavy (non-hydrogen) atoms. The summed E-state index contributed by atoms with van der Waals surface area (Å²) >= 11 is 0. The molecule has 2 atom stereocenters. The number of carbonyl (C=O) groups is 1. The van der Waals surface area contributed by atoms with Crippen LogP contribution in [0, 0.1) is 0 Å². The van der Waals surface area contributed by atoms with Gasteiger partial charge in [0.15, 0.2) is 5.76 Å². The second kappa shape index (κ2) is 7.77. The largest absolute Gasteiger partial charge is 0.453 e. The molecule has 5 nitrogen and oxygen atoms in total. The lowest BCUT2D eigenvalue weighted by atomic mass is 10.0. The zero-order valence-electron chi connectivity index (χ0n) is 12.8. The van der Waals surface area contributed by atoms with Crippen molar-refractivity contribution in [2.24, 2.45) is 0 Å². The highest BCUT2D eigenvalue weighted by molar-refractivity contribution is 5.91. The van der Waals surface area contributed by atoms with Crippen LogP contribution in [0.4, 0.5) is 0 Å². The molecule has 5 heteroatoms. The molecule has 0 radical (unpaired) electrons. The van der Waals surface area contributed by atoms with E-state index in [1.54, 1.807) is 19.2 Å². The molecule has 1 aromatic heterocycles. The number of benzene rings is 1. The maximum atomic E-state index is 12.1. The van der Waals surface area contributed by atoms with Crippen molar-refractivity contribution >= 4 is 5.91 Å². The van der Waals surface area contributed by atoms with Crippen molar-refractivity contribution < 1.29 is 19.1 Å². The number of methoxy groups -OCH3 is 1. The standard InChI is InChI=1S/C17H21NO4/c1-12(10-15(19)13-6-4-3-5-7-13)18-17(20)16-9-8-14(22-16)11-21-2/h3-9,12,15,19H,10-11H2,1-2H3,(H,18,20). The smallest absolute Gasteiger partial charge is 0.287 e. The van der Waals surface area contributed by atoms with E-state index in [1.807, 2.05) is 37.3 Å². The molecule has 0 spiro atoms. The molecule has 0 saturated heterocycles. The maximum absolute atomic E-state index is 12.1. The summed E-state index contributed by atoms with van der Waals surface area (Å²) in [5.41, 5.74) is 0.837. The molecule has 2 N–H and O–H groups in total. The van der Waals surface area contributed by atoms with Crippen LogP contribution < -0.4 is 5.32 Å². The molecule has 0 bridgehead atoms. The predicted molar refractivity (Wildman–Crippen MR) is 82.4 cm³/mol. The first kappa shape index (κ1) is 16.3. The number of rotatable bonds is 7. The Balaban J connectivity index is 1.88. The number of aliphatic hydroxyl groups excluding tert-OH is 1. The fraction of sp³-hybridized carbons (Fsp3) is 0.353. The van der Waals surface area contributed by atoms with Crippen LogP contribution >= 0.6 is 0 Å². The Morgan fingerprint density at radius 1 is 1.27 bits per heavy atom. The number of ether oxygens (including phenoxy) is 1. The van der Waals surface area contributed by atoms with Crippen molar-refractivity contribution in [1.82, 2.24) is 5.32 Å². The van der Waals surface area contributed by atoms with Crippen LogP contribution in [0.2, 0.25) is 0 Å². The molecule has 2 rings (SSSR count). The van der Waals surface area contributed by atoms with E-state index in [2.05, 4.69) is 5.32 Å². The van der Waals surface area contributed by atoms with Crippen molar-refractivity contribution in [2.45, 2.75) is 32.1 Å². The Hall–Kier alpha value is -2.11. The highest BCUT2D eigenvalue weighted by atomic mass is 16.5. The van der Waals surface area contributed by atoms with Crippen molar-refractivity contribution in [3.05, 3.63) is 59.5 Å². The van der Waals surface area contributed by atoms with Crippen LogP contribution in [0.1, 0.15) is 41.3 Å². The average molecular weight is 303 g/mol.